The maximum absolute atomic E-state index is 12.2. The minimum absolute atomic E-state index is 0.118. The van der Waals surface area contributed by atoms with Gasteiger partial charge in [0.05, 0.1) is 6.61 Å². The normalized spacial score (nSPS) is 16.7. The molecule has 1 aliphatic rings. The van der Waals surface area contributed by atoms with Crippen molar-refractivity contribution in [1.29, 1.82) is 0 Å². The number of hydrogen-bond donors (Lipinski definition) is 2. The quantitative estimate of drug-likeness (QED) is 0.851. The second-order valence-electron chi connectivity index (χ2n) is 6.30. The summed E-state index contributed by atoms with van der Waals surface area (Å²) in [5.41, 5.74) is 3.39. The van der Waals surface area contributed by atoms with Gasteiger partial charge in [0, 0.05) is 38.5 Å². The molecule has 0 saturated carbocycles. The number of nitrogens with one attached hydrogen (secondary N) is 2. The van der Waals surface area contributed by atoms with Gasteiger partial charge in [-0.15, -0.1) is 0 Å². The molecule has 2 amide bonds. The molecule has 0 bridgehead atoms. The number of hydrogen-bond acceptors (Lipinski definition) is 3. The average Bonchev–Trinajstić information content (AvgIpc) is 3.10. The van der Waals surface area contributed by atoms with E-state index in [1.54, 1.807) is 7.11 Å². The molecule has 0 unspecified atom stereocenters. The van der Waals surface area contributed by atoms with Gasteiger partial charge in [-0.25, -0.2) is 4.79 Å². The Bertz CT molecular complexity index is 690. The monoisotopic (exact) mass is 339 g/mol. The number of anilines is 1. The lowest BCUT2D eigenvalue weighted by molar-refractivity contribution is 0.184. The fourth-order valence-corrected chi connectivity index (χ4v) is 3.19. The van der Waals surface area contributed by atoms with Gasteiger partial charge in [-0.3, -0.25) is 0 Å². The van der Waals surface area contributed by atoms with E-state index in [2.05, 4.69) is 27.7 Å². The summed E-state index contributed by atoms with van der Waals surface area (Å²) in [5.74, 6) is 0. The van der Waals surface area contributed by atoms with Crippen molar-refractivity contribution >= 4 is 11.7 Å². The molecule has 5 nitrogen and oxygen atoms in total. The number of nitrogens with zero attached hydrogens (tertiary/aromatic N) is 1. The van der Waals surface area contributed by atoms with Crippen LogP contribution in [0.5, 0.6) is 0 Å². The van der Waals surface area contributed by atoms with E-state index >= 15 is 0 Å². The Morgan fingerprint density at radius 1 is 1.12 bits per heavy atom. The van der Waals surface area contributed by atoms with E-state index in [-0.39, 0.29) is 12.1 Å². The molecule has 0 spiro atoms. The fraction of sp³-hybridized carbons (Fsp3) is 0.350. The third kappa shape index (κ3) is 4.73. The summed E-state index contributed by atoms with van der Waals surface area (Å²) >= 11 is 0. The predicted octanol–water partition coefficient (Wildman–Crippen LogP) is 2.91. The number of para-hydroxylation sites is 1. The minimum Gasteiger partial charge on any atom is -0.380 e. The maximum Gasteiger partial charge on any atom is 0.315 e. The van der Waals surface area contributed by atoms with Crippen LogP contribution < -0.4 is 15.5 Å². The first-order chi connectivity index (χ1) is 12.3. The van der Waals surface area contributed by atoms with Crippen LogP contribution in [0.1, 0.15) is 17.5 Å². The van der Waals surface area contributed by atoms with E-state index in [0.717, 1.165) is 30.6 Å². The molecule has 1 fully saturated rings. The molecule has 2 aromatic rings. The van der Waals surface area contributed by atoms with Crippen LogP contribution in [0.15, 0.2) is 54.6 Å². The Hall–Kier alpha value is -2.53. The first-order valence-electron chi connectivity index (χ1n) is 8.66. The highest BCUT2D eigenvalue weighted by molar-refractivity contribution is 5.74. The van der Waals surface area contributed by atoms with Crippen LogP contribution in [0.4, 0.5) is 10.5 Å². The summed E-state index contributed by atoms with van der Waals surface area (Å²) < 4.78 is 5.20. The average molecular weight is 339 g/mol. The van der Waals surface area contributed by atoms with E-state index in [1.165, 1.54) is 5.69 Å². The molecule has 1 atom stereocenters. The Morgan fingerprint density at radius 2 is 1.84 bits per heavy atom. The lowest BCUT2D eigenvalue weighted by Crippen LogP contribution is -2.43. The molecule has 5 heteroatoms. The molecule has 3 rings (SSSR count). The van der Waals surface area contributed by atoms with Crippen molar-refractivity contribution < 1.29 is 9.53 Å². The number of rotatable bonds is 6. The van der Waals surface area contributed by atoms with Gasteiger partial charge in [0.15, 0.2) is 0 Å². The predicted molar refractivity (Wildman–Crippen MR) is 99.6 cm³/mol. The van der Waals surface area contributed by atoms with Crippen molar-refractivity contribution in [2.24, 2.45) is 0 Å². The zero-order valence-electron chi connectivity index (χ0n) is 14.6. The van der Waals surface area contributed by atoms with Crippen molar-refractivity contribution in [2.45, 2.75) is 25.6 Å². The van der Waals surface area contributed by atoms with Crippen LogP contribution >= 0.6 is 0 Å². The fourth-order valence-electron chi connectivity index (χ4n) is 3.19. The number of urea groups is 1. The van der Waals surface area contributed by atoms with Crippen LogP contribution in [0.2, 0.25) is 0 Å². The summed E-state index contributed by atoms with van der Waals surface area (Å²) in [6, 6.07) is 18.4. The number of methoxy groups -OCH3 is 1. The van der Waals surface area contributed by atoms with Crippen LogP contribution in [0.25, 0.3) is 0 Å². The Labute approximate surface area is 149 Å². The van der Waals surface area contributed by atoms with Gasteiger partial charge in [-0.1, -0.05) is 42.5 Å². The highest BCUT2D eigenvalue weighted by Gasteiger charge is 2.23. The number of benzene rings is 2. The first kappa shape index (κ1) is 17.3. The molecule has 2 aromatic carbocycles. The van der Waals surface area contributed by atoms with Crippen LogP contribution in [0, 0.1) is 0 Å². The van der Waals surface area contributed by atoms with Crippen LogP contribution in [0.3, 0.4) is 0 Å². The maximum atomic E-state index is 12.2. The topological polar surface area (TPSA) is 53.6 Å². The molecule has 1 aliphatic heterocycles. The summed E-state index contributed by atoms with van der Waals surface area (Å²) in [7, 11) is 1.68. The first-order valence-corrected chi connectivity index (χ1v) is 8.66. The Kier molecular flexibility index (Phi) is 5.90. The van der Waals surface area contributed by atoms with Gasteiger partial charge in [0.1, 0.15) is 0 Å². The largest absolute Gasteiger partial charge is 0.380 e. The zero-order valence-corrected chi connectivity index (χ0v) is 14.6. The second-order valence-corrected chi connectivity index (χ2v) is 6.30. The van der Waals surface area contributed by atoms with Crippen molar-refractivity contribution in [3.8, 4) is 0 Å². The minimum atomic E-state index is -0.118. The van der Waals surface area contributed by atoms with Gasteiger partial charge in [-0.2, -0.15) is 0 Å². The Balaban J connectivity index is 1.47. The third-order valence-corrected chi connectivity index (χ3v) is 4.50. The van der Waals surface area contributed by atoms with Gasteiger partial charge >= 0.3 is 6.03 Å². The molecule has 1 saturated heterocycles. The second kappa shape index (κ2) is 8.53. The summed E-state index contributed by atoms with van der Waals surface area (Å²) in [6.07, 6.45) is 0.961. The van der Waals surface area contributed by atoms with Gasteiger partial charge < -0.3 is 20.3 Å². The standard InChI is InChI=1S/C20H25N3O2/c1-25-15-17-8-6-5-7-16(17)13-21-20(24)22-18-11-12-23(14-18)19-9-3-2-4-10-19/h2-10,18H,11-15H2,1H3,(H2,21,22,24)/t18-/m0/s1. The molecular formula is C20H25N3O2. The lowest BCUT2D eigenvalue weighted by Gasteiger charge is -2.19. The van der Waals surface area contributed by atoms with E-state index in [0.29, 0.717) is 13.2 Å². The van der Waals surface area contributed by atoms with Crippen LogP contribution in [-0.4, -0.2) is 32.3 Å². The van der Waals surface area contributed by atoms with Gasteiger partial charge in [0.25, 0.3) is 0 Å². The molecule has 0 aromatic heterocycles. The molecule has 0 radical (unpaired) electrons. The number of amides is 2. The number of carbonyl (C=O) groups excluding carboxylic acids is 1. The van der Waals surface area contributed by atoms with Crippen molar-refractivity contribution in [3.63, 3.8) is 0 Å². The van der Waals surface area contributed by atoms with E-state index in [4.69, 9.17) is 4.74 Å². The van der Waals surface area contributed by atoms with Crippen molar-refractivity contribution in [2.75, 3.05) is 25.1 Å². The SMILES string of the molecule is COCc1ccccc1CNC(=O)N[C@H]1CCN(c2ccccc2)C1. The third-order valence-electron chi connectivity index (χ3n) is 4.50. The van der Waals surface area contributed by atoms with Gasteiger partial charge in [0.2, 0.25) is 0 Å². The highest BCUT2D eigenvalue weighted by Crippen LogP contribution is 2.19. The summed E-state index contributed by atoms with van der Waals surface area (Å²) in [4.78, 5) is 14.5. The van der Waals surface area contributed by atoms with Crippen molar-refractivity contribution in [1.82, 2.24) is 10.6 Å². The van der Waals surface area contributed by atoms with Crippen LogP contribution in [-0.2, 0) is 17.9 Å². The molecule has 0 aliphatic carbocycles. The number of ether oxygens (including phenoxy) is 1. The van der Waals surface area contributed by atoms with E-state index < -0.39 is 0 Å². The van der Waals surface area contributed by atoms with Gasteiger partial charge in [-0.05, 0) is 29.7 Å². The smallest absolute Gasteiger partial charge is 0.315 e. The molecular weight excluding hydrogens is 314 g/mol. The lowest BCUT2D eigenvalue weighted by atomic mass is 10.1. The molecule has 132 valence electrons. The van der Waals surface area contributed by atoms with E-state index in [1.807, 2.05) is 42.5 Å². The van der Waals surface area contributed by atoms with E-state index in [9.17, 15) is 4.79 Å². The molecule has 25 heavy (non-hydrogen) atoms. The van der Waals surface area contributed by atoms with Crippen molar-refractivity contribution in [3.05, 3.63) is 65.7 Å². The Morgan fingerprint density at radius 3 is 2.60 bits per heavy atom. The molecule has 2 N–H and O–H groups in total. The summed E-state index contributed by atoms with van der Waals surface area (Å²) in [5, 5.41) is 6.03. The highest BCUT2D eigenvalue weighted by atomic mass is 16.5. The summed E-state index contributed by atoms with van der Waals surface area (Å²) in [6.45, 7) is 2.86. The zero-order chi connectivity index (χ0) is 17.5. The molecule has 1 heterocycles. The number of carbonyl (C=O) groups is 1.